The summed E-state index contributed by atoms with van der Waals surface area (Å²) in [6, 6.07) is 0. The fourth-order valence-corrected chi connectivity index (χ4v) is 2.03. The third-order valence-corrected chi connectivity index (χ3v) is 3.34. The van der Waals surface area contributed by atoms with Gasteiger partial charge < -0.3 is 49.2 Å². The van der Waals surface area contributed by atoms with Gasteiger partial charge >= 0.3 is 0 Å². The van der Waals surface area contributed by atoms with E-state index in [-0.39, 0.29) is 26.4 Å². The van der Waals surface area contributed by atoms with Crippen molar-refractivity contribution >= 4 is 0 Å². The monoisotopic (exact) mass is 356 g/mol. The first kappa shape index (κ1) is 21.6. The number of hydrogen-bond donors (Lipinski definition) is 5. The van der Waals surface area contributed by atoms with Gasteiger partial charge in [0.05, 0.1) is 59.5 Å². The number of aliphatic hydroxyl groups excluding tert-OH is 5. The maximum atomic E-state index is 9.75. The lowest BCUT2D eigenvalue weighted by molar-refractivity contribution is -0.302. The molecule has 1 rings (SSSR count). The van der Waals surface area contributed by atoms with Crippen LogP contribution in [-0.2, 0) is 23.7 Å². The molecule has 0 unspecified atom stereocenters. The van der Waals surface area contributed by atoms with Crippen LogP contribution in [0, 0.1) is 0 Å². The molecule has 1 aliphatic heterocycles. The van der Waals surface area contributed by atoms with Gasteiger partial charge in [0, 0.05) is 0 Å². The Morgan fingerprint density at radius 1 is 0.667 bits per heavy atom. The smallest absolute Gasteiger partial charge is 0.186 e. The summed E-state index contributed by atoms with van der Waals surface area (Å²) >= 11 is 0. The molecule has 144 valence electrons. The van der Waals surface area contributed by atoms with Gasteiger partial charge in [-0.05, 0) is 0 Å². The molecule has 5 N–H and O–H groups in total. The quantitative estimate of drug-likeness (QED) is 0.214. The lowest BCUT2D eigenvalue weighted by Crippen LogP contribution is -2.59. The Labute approximate surface area is 140 Å². The second kappa shape index (κ2) is 12.9. The largest absolute Gasteiger partial charge is 0.394 e. The lowest BCUT2D eigenvalue weighted by atomic mass is 9.99. The van der Waals surface area contributed by atoms with E-state index >= 15 is 0 Å². The summed E-state index contributed by atoms with van der Waals surface area (Å²) in [5.74, 6) is 0. The van der Waals surface area contributed by atoms with Crippen LogP contribution in [0.25, 0.3) is 0 Å². The predicted molar refractivity (Wildman–Crippen MR) is 79.3 cm³/mol. The second-order valence-electron chi connectivity index (χ2n) is 5.13. The van der Waals surface area contributed by atoms with Gasteiger partial charge in [-0.15, -0.1) is 0 Å². The Bertz CT molecular complexity index is 303. The van der Waals surface area contributed by atoms with Crippen molar-refractivity contribution in [3.05, 3.63) is 0 Å². The van der Waals surface area contributed by atoms with Gasteiger partial charge in [-0.3, -0.25) is 0 Å². The summed E-state index contributed by atoms with van der Waals surface area (Å²) in [4.78, 5) is 0. The molecular weight excluding hydrogens is 328 g/mol. The van der Waals surface area contributed by atoms with E-state index in [0.29, 0.717) is 26.4 Å². The van der Waals surface area contributed by atoms with Gasteiger partial charge in [0.2, 0.25) is 0 Å². The number of aliphatic hydroxyl groups is 5. The van der Waals surface area contributed by atoms with E-state index in [1.165, 1.54) is 0 Å². The van der Waals surface area contributed by atoms with Gasteiger partial charge in [-0.2, -0.15) is 0 Å². The van der Waals surface area contributed by atoms with Crippen molar-refractivity contribution in [3.8, 4) is 0 Å². The maximum absolute atomic E-state index is 9.75. The van der Waals surface area contributed by atoms with Gasteiger partial charge in [0.15, 0.2) is 6.29 Å². The maximum Gasteiger partial charge on any atom is 0.186 e. The molecule has 10 nitrogen and oxygen atoms in total. The highest BCUT2D eigenvalue weighted by molar-refractivity contribution is 4.88. The molecule has 0 amide bonds. The zero-order chi connectivity index (χ0) is 17.8. The van der Waals surface area contributed by atoms with Crippen molar-refractivity contribution in [2.24, 2.45) is 0 Å². The van der Waals surface area contributed by atoms with Crippen molar-refractivity contribution in [1.82, 2.24) is 0 Å². The van der Waals surface area contributed by atoms with Crippen LogP contribution in [0.5, 0.6) is 0 Å². The summed E-state index contributed by atoms with van der Waals surface area (Å²) in [6.45, 7) is 1.63. The van der Waals surface area contributed by atoms with Crippen molar-refractivity contribution in [2.75, 3.05) is 59.5 Å². The molecule has 0 spiro atoms. The summed E-state index contributed by atoms with van der Waals surface area (Å²) in [6.07, 6.45) is -6.41. The fourth-order valence-electron chi connectivity index (χ4n) is 2.03. The molecule has 0 bridgehead atoms. The molecular formula is C14H28O10. The number of hydrogen-bond acceptors (Lipinski definition) is 10. The Hall–Kier alpha value is -0.400. The number of ether oxygens (including phenoxy) is 5. The Morgan fingerprint density at radius 3 is 1.75 bits per heavy atom. The highest BCUT2D eigenvalue weighted by Crippen LogP contribution is 2.21. The fraction of sp³-hybridized carbons (Fsp3) is 1.00. The van der Waals surface area contributed by atoms with Crippen molar-refractivity contribution in [1.29, 1.82) is 0 Å². The molecule has 0 aliphatic carbocycles. The molecule has 0 aromatic rings. The van der Waals surface area contributed by atoms with E-state index in [9.17, 15) is 15.3 Å². The van der Waals surface area contributed by atoms with E-state index in [1.807, 2.05) is 0 Å². The van der Waals surface area contributed by atoms with Crippen LogP contribution in [0.1, 0.15) is 0 Å². The molecule has 10 heteroatoms. The molecule has 1 heterocycles. The first-order chi connectivity index (χ1) is 11.6. The van der Waals surface area contributed by atoms with E-state index in [0.717, 1.165) is 0 Å². The van der Waals surface area contributed by atoms with E-state index in [1.54, 1.807) is 0 Å². The van der Waals surface area contributed by atoms with Gasteiger partial charge in [-0.25, -0.2) is 0 Å². The SMILES string of the molecule is OCCOCCOCCOCCO[C@@H]1O[C@H](CO)[C@H](O)[C@H](O)[C@H]1O. The predicted octanol–water partition coefficient (Wildman–Crippen LogP) is -3.15. The zero-order valence-electron chi connectivity index (χ0n) is 13.5. The molecule has 5 atom stereocenters. The highest BCUT2D eigenvalue weighted by Gasteiger charge is 2.43. The van der Waals surface area contributed by atoms with Gasteiger partial charge in [-0.1, -0.05) is 0 Å². The van der Waals surface area contributed by atoms with E-state index in [2.05, 4.69) is 0 Å². The van der Waals surface area contributed by atoms with Crippen LogP contribution in [0.15, 0.2) is 0 Å². The van der Waals surface area contributed by atoms with Crippen molar-refractivity contribution in [2.45, 2.75) is 30.7 Å². The Balaban J connectivity index is 2.02. The standard InChI is InChI=1S/C14H28O10/c15-1-2-20-3-4-21-5-6-22-7-8-23-14-13(19)12(18)11(17)10(9-16)24-14/h10-19H,1-9H2/t10-,11+,12+,13-,14-/m1/s1. The van der Waals surface area contributed by atoms with Crippen LogP contribution >= 0.6 is 0 Å². The lowest BCUT2D eigenvalue weighted by Gasteiger charge is -2.39. The van der Waals surface area contributed by atoms with Crippen LogP contribution in [0.4, 0.5) is 0 Å². The summed E-state index contributed by atoms with van der Waals surface area (Å²) in [5, 5.41) is 46.5. The van der Waals surface area contributed by atoms with Gasteiger partial charge in [0.1, 0.15) is 24.4 Å². The average molecular weight is 356 g/mol. The minimum Gasteiger partial charge on any atom is -0.394 e. The van der Waals surface area contributed by atoms with Crippen LogP contribution in [0.2, 0.25) is 0 Å². The number of rotatable bonds is 13. The van der Waals surface area contributed by atoms with Crippen LogP contribution in [-0.4, -0.2) is 116 Å². The zero-order valence-corrected chi connectivity index (χ0v) is 13.5. The molecule has 0 radical (unpaired) electrons. The minimum absolute atomic E-state index is 0.0163. The average Bonchev–Trinajstić information content (AvgIpc) is 2.59. The van der Waals surface area contributed by atoms with Crippen LogP contribution < -0.4 is 0 Å². The summed E-state index contributed by atoms with van der Waals surface area (Å²) in [7, 11) is 0. The summed E-state index contributed by atoms with van der Waals surface area (Å²) < 4.78 is 25.9. The third-order valence-electron chi connectivity index (χ3n) is 3.34. The Morgan fingerprint density at radius 2 is 1.21 bits per heavy atom. The molecule has 1 fully saturated rings. The first-order valence-corrected chi connectivity index (χ1v) is 7.88. The van der Waals surface area contributed by atoms with Gasteiger partial charge in [0.25, 0.3) is 0 Å². The summed E-state index contributed by atoms with van der Waals surface area (Å²) in [5.41, 5.74) is 0. The topological polar surface area (TPSA) is 147 Å². The highest BCUT2D eigenvalue weighted by atomic mass is 16.7. The molecule has 1 aliphatic rings. The molecule has 0 saturated carbocycles. The molecule has 24 heavy (non-hydrogen) atoms. The van der Waals surface area contributed by atoms with Crippen molar-refractivity contribution in [3.63, 3.8) is 0 Å². The Kier molecular flexibility index (Phi) is 11.6. The van der Waals surface area contributed by atoms with E-state index < -0.39 is 37.3 Å². The molecule has 0 aromatic heterocycles. The molecule has 0 aromatic carbocycles. The molecule has 1 saturated heterocycles. The van der Waals surface area contributed by atoms with Crippen LogP contribution in [0.3, 0.4) is 0 Å². The van der Waals surface area contributed by atoms with Crippen molar-refractivity contribution < 1.29 is 49.2 Å². The minimum atomic E-state index is -1.46. The second-order valence-corrected chi connectivity index (χ2v) is 5.13. The third kappa shape index (κ3) is 7.66. The normalized spacial score (nSPS) is 30.6. The first-order valence-electron chi connectivity index (χ1n) is 7.88. The van der Waals surface area contributed by atoms with E-state index in [4.69, 9.17) is 33.9 Å².